The van der Waals surface area contributed by atoms with Crippen LogP contribution < -0.4 is 10.1 Å². The third-order valence-electron chi connectivity index (χ3n) is 5.90. The monoisotopic (exact) mass is 493 g/mol. The van der Waals surface area contributed by atoms with E-state index in [0.717, 1.165) is 18.4 Å². The van der Waals surface area contributed by atoms with Crippen molar-refractivity contribution in [3.8, 4) is 29.5 Å². The molecule has 1 saturated carbocycles. The van der Waals surface area contributed by atoms with Crippen LogP contribution in [-0.2, 0) is 23.1 Å². The second kappa shape index (κ2) is 12.5. The fourth-order valence-electron chi connectivity index (χ4n) is 3.94. The fraction of sp³-hybridized carbons (Fsp3) is 0.423. The normalized spacial score (nSPS) is 18.0. The number of hydrogen-bond donors (Lipinski definition) is 2. The Balaban J connectivity index is 1.62. The zero-order valence-electron chi connectivity index (χ0n) is 20.7. The summed E-state index contributed by atoms with van der Waals surface area (Å²) in [5, 5.41) is 20.3. The van der Waals surface area contributed by atoms with Crippen LogP contribution in [0.25, 0.3) is 11.4 Å². The van der Waals surface area contributed by atoms with Crippen LogP contribution in [0.4, 0.5) is 4.79 Å². The van der Waals surface area contributed by atoms with Gasteiger partial charge in [0.25, 0.3) is 0 Å². The van der Waals surface area contributed by atoms with Crippen molar-refractivity contribution < 1.29 is 24.2 Å². The second-order valence-electron chi connectivity index (χ2n) is 8.70. The maximum absolute atomic E-state index is 12.2. The van der Waals surface area contributed by atoms with E-state index in [1.54, 1.807) is 36.0 Å². The highest BCUT2D eigenvalue weighted by atomic mass is 16.5. The van der Waals surface area contributed by atoms with Gasteiger partial charge in [-0.3, -0.25) is 4.79 Å². The maximum atomic E-state index is 12.2. The lowest BCUT2D eigenvalue weighted by molar-refractivity contribution is -0.143. The van der Waals surface area contributed by atoms with E-state index in [-0.39, 0.29) is 25.2 Å². The number of amides is 1. The average molecular weight is 494 g/mol. The Hall–Kier alpha value is -4.13. The number of ether oxygens (including phenoxy) is 2. The molecule has 0 unspecified atom stereocenters. The molecule has 2 atom stereocenters. The van der Waals surface area contributed by atoms with Crippen molar-refractivity contribution in [2.24, 2.45) is 13.0 Å². The van der Waals surface area contributed by atoms with Crippen molar-refractivity contribution in [3.05, 3.63) is 47.3 Å². The third-order valence-corrected chi connectivity index (χ3v) is 5.90. The molecule has 2 aromatic rings. The van der Waals surface area contributed by atoms with E-state index in [9.17, 15) is 14.7 Å². The van der Waals surface area contributed by atoms with E-state index in [1.807, 2.05) is 19.9 Å². The van der Waals surface area contributed by atoms with Gasteiger partial charge in [0.2, 0.25) is 0 Å². The summed E-state index contributed by atoms with van der Waals surface area (Å²) in [6.45, 7) is 3.94. The predicted molar refractivity (Wildman–Crippen MR) is 133 cm³/mol. The average Bonchev–Trinajstić information content (AvgIpc) is 3.23. The van der Waals surface area contributed by atoms with Crippen LogP contribution in [0.2, 0.25) is 0 Å². The van der Waals surface area contributed by atoms with Crippen molar-refractivity contribution in [3.63, 3.8) is 0 Å². The zero-order valence-corrected chi connectivity index (χ0v) is 20.7. The molecular formula is C26H31N5O5. The van der Waals surface area contributed by atoms with Gasteiger partial charge in [-0.05, 0) is 63.3 Å². The van der Waals surface area contributed by atoms with E-state index >= 15 is 0 Å². The number of carbonyl (C=O) groups excluding carboxylic acids is 1. The van der Waals surface area contributed by atoms with Gasteiger partial charge in [-0.15, -0.1) is 11.5 Å². The number of carbonyl (C=O) groups is 2. The molecule has 36 heavy (non-hydrogen) atoms. The highest BCUT2D eigenvalue weighted by Crippen LogP contribution is 2.30. The van der Waals surface area contributed by atoms with Gasteiger partial charge >= 0.3 is 12.1 Å². The number of allylic oxidation sites excluding steroid dienone is 3. The molecule has 0 radical (unpaired) electrons. The van der Waals surface area contributed by atoms with Gasteiger partial charge in [0.05, 0.1) is 35.6 Å². The summed E-state index contributed by atoms with van der Waals surface area (Å²) < 4.78 is 12.9. The number of rotatable bonds is 9. The number of aliphatic carboxylic acids is 1. The standard InChI is InChI=1S/C26H31N5O5/c1-5-6-7-9-17(2)16-35-26(34)27-15-22-24(29-30-31(22)4)21-12-13-23(18(3)28-21)36-20-11-8-10-19(14-20)25(32)33/h1,6-7,9,12-13,19-20H,8,10-11,14-16H2,2-4H3,(H,27,34)(H,32,33)/b7-6-,17-9+/t19-,20-/m0/s1. The van der Waals surface area contributed by atoms with Gasteiger partial charge in [0.1, 0.15) is 18.1 Å². The molecule has 10 nitrogen and oxygen atoms in total. The Morgan fingerprint density at radius 3 is 2.89 bits per heavy atom. The third kappa shape index (κ3) is 7.18. The van der Waals surface area contributed by atoms with Crippen molar-refractivity contribution in [1.82, 2.24) is 25.3 Å². The summed E-state index contributed by atoms with van der Waals surface area (Å²) in [7, 11) is 1.73. The lowest BCUT2D eigenvalue weighted by atomic mass is 9.87. The van der Waals surface area contributed by atoms with E-state index in [1.165, 1.54) is 0 Å². The lowest BCUT2D eigenvalue weighted by Gasteiger charge is -2.27. The molecule has 1 fully saturated rings. The first kappa shape index (κ1) is 26.5. The maximum Gasteiger partial charge on any atom is 0.407 e. The van der Waals surface area contributed by atoms with Crippen LogP contribution in [0, 0.1) is 25.2 Å². The molecule has 1 aliphatic rings. The summed E-state index contributed by atoms with van der Waals surface area (Å²) in [5.74, 6) is 1.85. The number of terminal acetylenes is 1. The van der Waals surface area contributed by atoms with Crippen LogP contribution in [-0.4, -0.2) is 49.9 Å². The summed E-state index contributed by atoms with van der Waals surface area (Å²) >= 11 is 0. The number of pyridine rings is 1. The number of aromatic nitrogens is 4. The first-order valence-corrected chi connectivity index (χ1v) is 11.7. The summed E-state index contributed by atoms with van der Waals surface area (Å²) in [6, 6.07) is 3.59. The van der Waals surface area contributed by atoms with Gasteiger partial charge in [-0.1, -0.05) is 23.3 Å². The Labute approximate surface area is 210 Å². The lowest BCUT2D eigenvalue weighted by Crippen LogP contribution is -2.29. The highest BCUT2D eigenvalue weighted by molar-refractivity contribution is 5.70. The predicted octanol–water partition coefficient (Wildman–Crippen LogP) is 3.57. The van der Waals surface area contributed by atoms with E-state index in [2.05, 4.69) is 26.5 Å². The van der Waals surface area contributed by atoms with Crippen LogP contribution in [0.15, 0.2) is 35.9 Å². The van der Waals surface area contributed by atoms with Crippen LogP contribution in [0.5, 0.6) is 5.75 Å². The minimum atomic E-state index is -0.773. The van der Waals surface area contributed by atoms with Gasteiger partial charge in [-0.25, -0.2) is 14.5 Å². The molecule has 2 N–H and O–H groups in total. The van der Waals surface area contributed by atoms with Gasteiger partial charge in [0, 0.05) is 7.05 Å². The van der Waals surface area contributed by atoms with Crippen molar-refractivity contribution in [1.29, 1.82) is 0 Å². The van der Waals surface area contributed by atoms with Crippen LogP contribution in [0.3, 0.4) is 0 Å². The molecule has 1 aliphatic carbocycles. The Bertz CT molecular complexity index is 1190. The van der Waals surface area contributed by atoms with Gasteiger partial charge < -0.3 is 19.9 Å². The molecule has 190 valence electrons. The topological polar surface area (TPSA) is 128 Å². The second-order valence-corrected chi connectivity index (χ2v) is 8.70. The number of aryl methyl sites for hydroxylation is 2. The van der Waals surface area contributed by atoms with Crippen LogP contribution in [0.1, 0.15) is 44.0 Å². The molecule has 0 saturated heterocycles. The number of carboxylic acids is 1. The molecule has 0 aliphatic heterocycles. The molecular weight excluding hydrogens is 462 g/mol. The zero-order chi connectivity index (χ0) is 26.1. The summed E-state index contributed by atoms with van der Waals surface area (Å²) in [6.07, 6.45) is 12.3. The summed E-state index contributed by atoms with van der Waals surface area (Å²) in [4.78, 5) is 28.1. The highest BCUT2D eigenvalue weighted by Gasteiger charge is 2.28. The molecule has 0 aromatic carbocycles. The van der Waals surface area contributed by atoms with E-state index < -0.39 is 12.1 Å². The summed E-state index contributed by atoms with van der Waals surface area (Å²) in [5.41, 5.74) is 3.28. The molecule has 10 heteroatoms. The number of nitrogens with zero attached hydrogens (tertiary/aromatic N) is 4. The van der Waals surface area contributed by atoms with Crippen molar-refractivity contribution in [2.45, 2.75) is 52.2 Å². The number of nitrogens with one attached hydrogen (secondary N) is 1. The number of hydrogen-bond acceptors (Lipinski definition) is 7. The molecule has 2 aromatic heterocycles. The van der Waals surface area contributed by atoms with Gasteiger partial charge in [-0.2, -0.15) is 0 Å². The Kier molecular flexibility index (Phi) is 9.22. The largest absolute Gasteiger partial charge is 0.489 e. The molecule has 0 bridgehead atoms. The minimum Gasteiger partial charge on any atom is -0.489 e. The Morgan fingerprint density at radius 2 is 2.17 bits per heavy atom. The first-order chi connectivity index (χ1) is 17.3. The van der Waals surface area contributed by atoms with Crippen molar-refractivity contribution in [2.75, 3.05) is 6.61 Å². The molecule has 1 amide bonds. The molecule has 0 spiro atoms. The SMILES string of the molecule is C#C/C=C\C=C(/C)COC(=O)NCc1c(-c2ccc(O[C@H]3CCC[C@H](C(=O)O)C3)c(C)n2)nnn1C. The first-order valence-electron chi connectivity index (χ1n) is 11.7. The quantitative estimate of drug-likeness (QED) is 0.401. The van der Waals surface area contributed by atoms with Gasteiger partial charge in [0.15, 0.2) is 0 Å². The van der Waals surface area contributed by atoms with E-state index in [4.69, 9.17) is 15.9 Å². The van der Waals surface area contributed by atoms with E-state index in [0.29, 0.717) is 41.4 Å². The number of alkyl carbamates (subject to hydrolysis) is 1. The molecule has 3 rings (SSSR count). The smallest absolute Gasteiger partial charge is 0.407 e. The molecule has 2 heterocycles. The Morgan fingerprint density at radius 1 is 1.36 bits per heavy atom. The minimum absolute atomic E-state index is 0.133. The number of carboxylic acid groups (broad SMARTS) is 1. The van der Waals surface area contributed by atoms with Crippen LogP contribution >= 0.6 is 0 Å². The van der Waals surface area contributed by atoms with Crippen molar-refractivity contribution >= 4 is 12.1 Å². The fourth-order valence-corrected chi connectivity index (χ4v) is 3.94.